The maximum Gasteiger partial charge on any atom is 0.185 e. The van der Waals surface area contributed by atoms with E-state index in [0.717, 1.165) is 18.7 Å². The van der Waals surface area contributed by atoms with E-state index in [-0.39, 0.29) is 11.7 Å². The maximum absolute atomic E-state index is 11.9. The second-order valence-corrected chi connectivity index (χ2v) is 4.85. The van der Waals surface area contributed by atoms with Crippen LogP contribution in [0, 0.1) is 11.8 Å². The molecule has 0 bridgehead atoms. The Hall–Kier alpha value is -1.12. The highest BCUT2D eigenvalue weighted by molar-refractivity contribution is 5.96. The van der Waals surface area contributed by atoms with Crippen molar-refractivity contribution in [3.05, 3.63) is 17.7 Å². The number of nitrogens with zero attached hydrogens (tertiary/aromatic N) is 2. The lowest BCUT2D eigenvalue weighted by Crippen LogP contribution is -2.19. The molecule has 1 aromatic rings. The fraction of sp³-hybridized carbons (Fsp3) is 0.667. The van der Waals surface area contributed by atoms with Crippen molar-refractivity contribution < 1.29 is 4.79 Å². The van der Waals surface area contributed by atoms with Crippen molar-refractivity contribution in [3.63, 3.8) is 0 Å². The van der Waals surface area contributed by atoms with Crippen LogP contribution in [-0.4, -0.2) is 15.3 Å². The van der Waals surface area contributed by atoms with Gasteiger partial charge in [-0.1, -0.05) is 20.8 Å². The molecule has 1 atom stereocenters. The Labute approximate surface area is 90.5 Å². The molecule has 0 radical (unpaired) electrons. The molecular formula is C12H18N2O. The van der Waals surface area contributed by atoms with Crippen LogP contribution in [0.3, 0.4) is 0 Å². The minimum atomic E-state index is 0.0434. The Morgan fingerprint density at radius 1 is 1.60 bits per heavy atom. The smallest absolute Gasteiger partial charge is 0.185 e. The van der Waals surface area contributed by atoms with E-state index in [2.05, 4.69) is 16.5 Å². The monoisotopic (exact) mass is 206 g/mol. The number of rotatable bonds is 2. The zero-order valence-corrected chi connectivity index (χ0v) is 9.66. The van der Waals surface area contributed by atoms with Crippen LogP contribution in [-0.2, 0) is 13.0 Å². The van der Waals surface area contributed by atoms with Crippen molar-refractivity contribution in [2.75, 3.05) is 0 Å². The molecule has 0 saturated heterocycles. The summed E-state index contributed by atoms with van der Waals surface area (Å²) >= 11 is 0. The van der Waals surface area contributed by atoms with Crippen LogP contribution in [0.4, 0.5) is 0 Å². The van der Waals surface area contributed by atoms with Gasteiger partial charge in [-0.15, -0.1) is 0 Å². The lowest BCUT2D eigenvalue weighted by atomic mass is 9.94. The summed E-state index contributed by atoms with van der Waals surface area (Å²) < 4.78 is 2.13. The van der Waals surface area contributed by atoms with E-state index in [1.165, 1.54) is 6.42 Å². The Bertz CT molecular complexity index is 379. The lowest BCUT2D eigenvalue weighted by Gasteiger charge is -2.21. The summed E-state index contributed by atoms with van der Waals surface area (Å²) in [6, 6.07) is 0. The van der Waals surface area contributed by atoms with E-state index in [1.807, 2.05) is 20.2 Å². The van der Waals surface area contributed by atoms with E-state index in [4.69, 9.17) is 0 Å². The lowest BCUT2D eigenvalue weighted by molar-refractivity contribution is 0.0933. The molecule has 0 aliphatic carbocycles. The molecule has 2 heterocycles. The Balaban J connectivity index is 2.34. The quantitative estimate of drug-likeness (QED) is 0.696. The molecule has 1 aromatic heterocycles. The minimum Gasteiger partial charge on any atom is -0.334 e. The van der Waals surface area contributed by atoms with Gasteiger partial charge in [0.25, 0.3) is 0 Å². The number of fused-ring (bicyclic) bond motifs is 1. The SMILES string of the molecule is CC1CCn2cnc(C(=O)C(C)C)c2C1. The Morgan fingerprint density at radius 2 is 2.33 bits per heavy atom. The minimum absolute atomic E-state index is 0.0434. The van der Waals surface area contributed by atoms with Gasteiger partial charge in [-0.3, -0.25) is 4.79 Å². The average molecular weight is 206 g/mol. The first-order valence-corrected chi connectivity index (χ1v) is 5.67. The molecule has 0 N–H and O–H groups in total. The normalized spacial score (nSPS) is 20.4. The molecule has 3 nitrogen and oxygen atoms in total. The topological polar surface area (TPSA) is 34.9 Å². The number of carbonyl (C=O) groups is 1. The van der Waals surface area contributed by atoms with Gasteiger partial charge >= 0.3 is 0 Å². The average Bonchev–Trinajstić information content (AvgIpc) is 2.59. The summed E-state index contributed by atoms with van der Waals surface area (Å²) in [7, 11) is 0. The third kappa shape index (κ3) is 1.83. The van der Waals surface area contributed by atoms with Crippen molar-refractivity contribution in [1.29, 1.82) is 0 Å². The Kier molecular flexibility index (Phi) is 2.63. The highest BCUT2D eigenvalue weighted by Crippen LogP contribution is 2.23. The van der Waals surface area contributed by atoms with E-state index >= 15 is 0 Å². The third-order valence-corrected chi connectivity index (χ3v) is 3.11. The molecule has 3 heteroatoms. The van der Waals surface area contributed by atoms with Crippen LogP contribution in [0.5, 0.6) is 0 Å². The number of aromatic nitrogens is 2. The van der Waals surface area contributed by atoms with Crippen LogP contribution < -0.4 is 0 Å². The molecule has 15 heavy (non-hydrogen) atoms. The van der Waals surface area contributed by atoms with E-state index in [9.17, 15) is 4.79 Å². The molecule has 82 valence electrons. The predicted octanol–water partition coefficient (Wildman–Crippen LogP) is 2.30. The van der Waals surface area contributed by atoms with Crippen molar-refractivity contribution in [1.82, 2.24) is 9.55 Å². The van der Waals surface area contributed by atoms with Gasteiger partial charge in [0.1, 0.15) is 5.69 Å². The molecule has 0 spiro atoms. The number of hydrogen-bond donors (Lipinski definition) is 0. The van der Waals surface area contributed by atoms with Gasteiger partial charge in [0, 0.05) is 18.2 Å². The summed E-state index contributed by atoms with van der Waals surface area (Å²) in [5, 5.41) is 0. The van der Waals surface area contributed by atoms with Crippen molar-refractivity contribution in [2.24, 2.45) is 11.8 Å². The van der Waals surface area contributed by atoms with E-state index in [0.29, 0.717) is 11.6 Å². The fourth-order valence-electron chi connectivity index (χ4n) is 2.09. The van der Waals surface area contributed by atoms with Gasteiger partial charge in [0.05, 0.1) is 6.33 Å². The number of imidazole rings is 1. The van der Waals surface area contributed by atoms with Gasteiger partial charge in [0.15, 0.2) is 5.78 Å². The highest BCUT2D eigenvalue weighted by Gasteiger charge is 2.24. The Morgan fingerprint density at radius 3 is 3.00 bits per heavy atom. The summed E-state index contributed by atoms with van der Waals surface area (Å²) in [6.07, 6.45) is 4.00. The van der Waals surface area contributed by atoms with Crippen LogP contribution in [0.2, 0.25) is 0 Å². The van der Waals surface area contributed by atoms with Gasteiger partial charge in [-0.25, -0.2) is 4.98 Å². The van der Waals surface area contributed by atoms with Gasteiger partial charge in [-0.05, 0) is 18.8 Å². The first kappa shape index (κ1) is 10.4. The first-order chi connectivity index (χ1) is 7.09. The van der Waals surface area contributed by atoms with Crippen molar-refractivity contribution in [2.45, 2.75) is 40.2 Å². The molecule has 2 rings (SSSR count). The second-order valence-electron chi connectivity index (χ2n) is 4.85. The van der Waals surface area contributed by atoms with E-state index < -0.39 is 0 Å². The van der Waals surface area contributed by atoms with Gasteiger partial charge < -0.3 is 4.57 Å². The van der Waals surface area contributed by atoms with Crippen molar-refractivity contribution in [3.8, 4) is 0 Å². The van der Waals surface area contributed by atoms with Crippen LogP contribution >= 0.6 is 0 Å². The van der Waals surface area contributed by atoms with Crippen molar-refractivity contribution >= 4 is 5.78 Å². The number of carbonyl (C=O) groups excluding carboxylic acids is 1. The first-order valence-electron chi connectivity index (χ1n) is 5.67. The highest BCUT2D eigenvalue weighted by atomic mass is 16.1. The summed E-state index contributed by atoms with van der Waals surface area (Å²) in [4.78, 5) is 16.2. The zero-order chi connectivity index (χ0) is 11.0. The van der Waals surface area contributed by atoms with E-state index in [1.54, 1.807) is 0 Å². The summed E-state index contributed by atoms with van der Waals surface area (Å²) in [5.41, 5.74) is 1.85. The largest absolute Gasteiger partial charge is 0.334 e. The fourth-order valence-corrected chi connectivity index (χ4v) is 2.09. The maximum atomic E-state index is 11.9. The number of Topliss-reactive ketones (excluding diaryl/α,β-unsaturated/α-hetero) is 1. The van der Waals surface area contributed by atoms with Crippen LogP contribution in [0.25, 0.3) is 0 Å². The summed E-state index contributed by atoms with van der Waals surface area (Å²) in [5.74, 6) is 0.896. The number of hydrogen-bond acceptors (Lipinski definition) is 2. The molecule has 1 unspecified atom stereocenters. The predicted molar refractivity (Wildman–Crippen MR) is 58.9 cm³/mol. The zero-order valence-electron chi connectivity index (χ0n) is 9.66. The molecule has 0 aromatic carbocycles. The number of ketones is 1. The van der Waals surface area contributed by atoms with Crippen LogP contribution in [0.15, 0.2) is 6.33 Å². The molecule has 1 aliphatic rings. The molecule has 0 amide bonds. The molecule has 1 aliphatic heterocycles. The van der Waals surface area contributed by atoms with Gasteiger partial charge in [0.2, 0.25) is 0 Å². The van der Waals surface area contributed by atoms with Crippen LogP contribution in [0.1, 0.15) is 43.4 Å². The second kappa shape index (κ2) is 3.80. The molecular weight excluding hydrogens is 188 g/mol. The molecule has 0 fully saturated rings. The molecule has 0 saturated carbocycles. The van der Waals surface area contributed by atoms with Gasteiger partial charge in [-0.2, -0.15) is 0 Å². The third-order valence-electron chi connectivity index (χ3n) is 3.11. The summed E-state index contributed by atoms with van der Waals surface area (Å²) in [6.45, 7) is 7.11. The standard InChI is InChI=1S/C12H18N2O/c1-8(2)12(15)11-10-6-9(3)4-5-14(10)7-13-11/h7-9H,4-6H2,1-3H3. The number of aryl methyl sites for hydroxylation is 1.